The summed E-state index contributed by atoms with van der Waals surface area (Å²) in [5, 5.41) is 11.2. The van der Waals surface area contributed by atoms with Crippen molar-refractivity contribution in [1.29, 1.82) is 0 Å². The number of benzene rings is 2. The number of carbonyl (C=O) groups is 2. The molecule has 1 amide bonds. The number of likely N-dealkylation sites (tertiary alicyclic amines) is 1. The Morgan fingerprint density at radius 3 is 2.52 bits per heavy atom. The van der Waals surface area contributed by atoms with E-state index in [1.165, 1.54) is 7.11 Å². The summed E-state index contributed by atoms with van der Waals surface area (Å²) in [4.78, 5) is 26.3. The van der Waals surface area contributed by atoms with Gasteiger partial charge in [-0.05, 0) is 23.9 Å². The van der Waals surface area contributed by atoms with E-state index in [0.29, 0.717) is 24.3 Å². The minimum Gasteiger partial charge on any atom is -0.496 e. The van der Waals surface area contributed by atoms with E-state index in [4.69, 9.17) is 9.47 Å². The van der Waals surface area contributed by atoms with Crippen molar-refractivity contribution >= 4 is 22.6 Å². The van der Waals surface area contributed by atoms with Gasteiger partial charge in [0, 0.05) is 31.1 Å². The fourth-order valence-electron chi connectivity index (χ4n) is 3.48. The first kappa shape index (κ1) is 17.2. The minimum atomic E-state index is -1.04. The van der Waals surface area contributed by atoms with Gasteiger partial charge in [0.2, 0.25) is 0 Å². The van der Waals surface area contributed by atoms with E-state index < -0.39 is 11.4 Å². The molecule has 1 atom stereocenters. The third-order valence-corrected chi connectivity index (χ3v) is 4.85. The first-order valence-corrected chi connectivity index (χ1v) is 8.10. The lowest BCUT2D eigenvalue weighted by Gasteiger charge is -2.24. The van der Waals surface area contributed by atoms with Gasteiger partial charge in [0.15, 0.2) is 0 Å². The van der Waals surface area contributed by atoms with Gasteiger partial charge in [-0.1, -0.05) is 24.3 Å². The zero-order chi connectivity index (χ0) is 18.0. The van der Waals surface area contributed by atoms with E-state index in [9.17, 15) is 14.7 Å². The quantitative estimate of drug-likeness (QED) is 0.902. The molecule has 25 heavy (non-hydrogen) atoms. The van der Waals surface area contributed by atoms with Crippen LogP contribution >= 0.6 is 0 Å². The van der Waals surface area contributed by atoms with E-state index in [1.54, 1.807) is 24.1 Å². The molecule has 0 saturated carbocycles. The Labute approximate surface area is 145 Å². The van der Waals surface area contributed by atoms with Crippen molar-refractivity contribution in [2.24, 2.45) is 5.41 Å². The number of carbonyl (C=O) groups excluding carboxylic acids is 1. The fraction of sp³-hybridized carbons (Fsp3) is 0.368. The Hall–Kier alpha value is -2.60. The van der Waals surface area contributed by atoms with Crippen molar-refractivity contribution in [1.82, 2.24) is 4.90 Å². The van der Waals surface area contributed by atoms with Gasteiger partial charge in [-0.2, -0.15) is 0 Å². The Bertz CT molecular complexity index is 819. The standard InChI is InChI=1S/C19H21NO5/c1-24-12-19(18(22)23)9-10-20(11-19)17(21)15-7-8-16(25-2)14-6-4-3-5-13(14)15/h3-8H,9-12H2,1-2H3,(H,22,23). The molecule has 1 unspecified atom stereocenters. The summed E-state index contributed by atoms with van der Waals surface area (Å²) in [5.74, 6) is -0.393. The molecule has 1 saturated heterocycles. The van der Waals surface area contributed by atoms with E-state index in [2.05, 4.69) is 0 Å². The smallest absolute Gasteiger partial charge is 0.313 e. The number of carboxylic acids is 1. The maximum absolute atomic E-state index is 13.0. The van der Waals surface area contributed by atoms with Crippen LogP contribution < -0.4 is 4.74 Å². The third-order valence-electron chi connectivity index (χ3n) is 4.85. The summed E-state index contributed by atoms with van der Waals surface area (Å²) < 4.78 is 10.5. The molecule has 6 heteroatoms. The Kier molecular flexibility index (Phi) is 4.63. The number of hydrogen-bond acceptors (Lipinski definition) is 4. The van der Waals surface area contributed by atoms with Crippen LogP contribution in [0.25, 0.3) is 10.8 Å². The second kappa shape index (κ2) is 6.72. The molecule has 0 aliphatic carbocycles. The second-order valence-corrected chi connectivity index (χ2v) is 6.36. The first-order chi connectivity index (χ1) is 12.0. The van der Waals surface area contributed by atoms with Crippen LogP contribution in [0.4, 0.5) is 0 Å². The number of aliphatic carboxylic acids is 1. The number of fused-ring (bicyclic) bond motifs is 1. The maximum atomic E-state index is 13.0. The van der Waals surface area contributed by atoms with Crippen LogP contribution in [0, 0.1) is 5.41 Å². The van der Waals surface area contributed by atoms with Crippen molar-refractivity contribution in [3.63, 3.8) is 0 Å². The van der Waals surface area contributed by atoms with Crippen LogP contribution in [-0.2, 0) is 9.53 Å². The summed E-state index contributed by atoms with van der Waals surface area (Å²) in [6.07, 6.45) is 0.385. The van der Waals surface area contributed by atoms with Crippen LogP contribution in [0.1, 0.15) is 16.8 Å². The van der Waals surface area contributed by atoms with Crippen molar-refractivity contribution < 1.29 is 24.2 Å². The lowest BCUT2D eigenvalue weighted by atomic mass is 9.88. The second-order valence-electron chi connectivity index (χ2n) is 6.36. The summed E-state index contributed by atoms with van der Waals surface area (Å²) >= 11 is 0. The largest absolute Gasteiger partial charge is 0.496 e. The van der Waals surface area contributed by atoms with E-state index in [0.717, 1.165) is 10.8 Å². The van der Waals surface area contributed by atoms with Gasteiger partial charge in [0.25, 0.3) is 5.91 Å². The number of ether oxygens (including phenoxy) is 2. The number of nitrogens with zero attached hydrogens (tertiary/aromatic N) is 1. The van der Waals surface area contributed by atoms with Crippen LogP contribution in [0.3, 0.4) is 0 Å². The number of hydrogen-bond donors (Lipinski definition) is 1. The molecule has 1 N–H and O–H groups in total. The van der Waals surface area contributed by atoms with Gasteiger partial charge in [0.1, 0.15) is 11.2 Å². The monoisotopic (exact) mass is 343 g/mol. The molecule has 0 radical (unpaired) electrons. The molecule has 132 valence electrons. The first-order valence-electron chi connectivity index (χ1n) is 8.10. The average Bonchev–Trinajstić information content (AvgIpc) is 3.06. The molecular weight excluding hydrogens is 322 g/mol. The zero-order valence-corrected chi connectivity index (χ0v) is 14.3. The molecule has 0 bridgehead atoms. The van der Waals surface area contributed by atoms with Crippen molar-refractivity contribution in [3.05, 3.63) is 42.0 Å². The van der Waals surface area contributed by atoms with E-state index in [-0.39, 0.29) is 19.1 Å². The lowest BCUT2D eigenvalue weighted by molar-refractivity contribution is -0.151. The molecular formula is C19H21NO5. The average molecular weight is 343 g/mol. The lowest BCUT2D eigenvalue weighted by Crippen LogP contribution is -2.40. The van der Waals surface area contributed by atoms with Crippen LogP contribution in [-0.4, -0.2) is 55.8 Å². The van der Waals surface area contributed by atoms with Crippen LogP contribution in [0.15, 0.2) is 36.4 Å². The van der Waals surface area contributed by atoms with Crippen LogP contribution in [0.5, 0.6) is 5.75 Å². The molecule has 0 aromatic heterocycles. The molecule has 1 fully saturated rings. The van der Waals surface area contributed by atoms with Gasteiger partial charge >= 0.3 is 5.97 Å². The summed E-state index contributed by atoms with van der Waals surface area (Å²) in [6.45, 7) is 0.639. The molecule has 6 nitrogen and oxygen atoms in total. The van der Waals surface area contributed by atoms with Gasteiger partial charge < -0.3 is 19.5 Å². The number of carboxylic acid groups (broad SMARTS) is 1. The van der Waals surface area contributed by atoms with Gasteiger partial charge in [-0.25, -0.2) is 0 Å². The highest BCUT2D eigenvalue weighted by Crippen LogP contribution is 2.34. The van der Waals surface area contributed by atoms with E-state index in [1.807, 2.05) is 24.3 Å². The number of rotatable bonds is 5. The van der Waals surface area contributed by atoms with Crippen LogP contribution in [0.2, 0.25) is 0 Å². The Morgan fingerprint density at radius 2 is 1.88 bits per heavy atom. The maximum Gasteiger partial charge on any atom is 0.313 e. The normalized spacial score (nSPS) is 20.0. The van der Waals surface area contributed by atoms with E-state index >= 15 is 0 Å². The van der Waals surface area contributed by atoms with Gasteiger partial charge in [-0.15, -0.1) is 0 Å². The predicted octanol–water partition coefficient (Wildman–Crippen LogP) is 2.41. The molecule has 1 heterocycles. The topological polar surface area (TPSA) is 76.1 Å². The molecule has 2 aromatic carbocycles. The molecule has 3 rings (SSSR count). The highest BCUT2D eigenvalue weighted by Gasteiger charge is 2.46. The van der Waals surface area contributed by atoms with Crippen molar-refractivity contribution in [3.8, 4) is 5.75 Å². The molecule has 1 aliphatic rings. The minimum absolute atomic E-state index is 0.0927. The molecule has 1 aliphatic heterocycles. The fourth-order valence-corrected chi connectivity index (χ4v) is 3.48. The SMILES string of the molecule is COCC1(C(=O)O)CCN(C(=O)c2ccc(OC)c3ccccc23)C1. The van der Waals surface area contributed by atoms with Crippen molar-refractivity contribution in [2.75, 3.05) is 33.9 Å². The molecule has 2 aromatic rings. The van der Waals surface area contributed by atoms with Gasteiger partial charge in [-0.3, -0.25) is 9.59 Å². The Balaban J connectivity index is 1.95. The summed E-state index contributed by atoms with van der Waals surface area (Å²) in [7, 11) is 3.07. The number of amides is 1. The van der Waals surface area contributed by atoms with Crippen molar-refractivity contribution in [2.45, 2.75) is 6.42 Å². The Morgan fingerprint density at radius 1 is 1.16 bits per heavy atom. The van der Waals surface area contributed by atoms with Gasteiger partial charge in [0.05, 0.1) is 13.7 Å². The summed E-state index contributed by atoms with van der Waals surface area (Å²) in [6, 6.07) is 11.0. The highest BCUT2D eigenvalue weighted by molar-refractivity contribution is 6.08. The zero-order valence-electron chi connectivity index (χ0n) is 14.3. The number of methoxy groups -OCH3 is 2. The highest BCUT2D eigenvalue weighted by atomic mass is 16.5. The molecule has 0 spiro atoms. The predicted molar refractivity (Wildman–Crippen MR) is 93.0 cm³/mol. The summed E-state index contributed by atoms with van der Waals surface area (Å²) in [5.41, 5.74) is -0.484. The third kappa shape index (κ3) is 2.93.